The number of rotatable bonds is 5. The Morgan fingerprint density at radius 2 is 1.94 bits per heavy atom. The van der Waals surface area contributed by atoms with Gasteiger partial charge in [0.2, 0.25) is 11.8 Å². The van der Waals surface area contributed by atoms with Crippen molar-refractivity contribution in [2.75, 3.05) is 38.0 Å². The van der Waals surface area contributed by atoms with E-state index < -0.39 is 5.41 Å². The first-order chi connectivity index (χ1) is 16.9. The molecule has 1 aliphatic carbocycles. The summed E-state index contributed by atoms with van der Waals surface area (Å²) in [5, 5.41) is 6.25. The number of hydrogen-bond donors (Lipinski definition) is 2. The van der Waals surface area contributed by atoms with E-state index in [0.29, 0.717) is 19.1 Å². The molecule has 2 N–H and O–H groups in total. The molecule has 0 unspecified atom stereocenters. The minimum atomic E-state index is -0.479. The summed E-state index contributed by atoms with van der Waals surface area (Å²) >= 11 is 0. The Morgan fingerprint density at radius 3 is 2.57 bits per heavy atom. The molecule has 0 bridgehead atoms. The number of piperidine rings is 1. The second-order valence-electron chi connectivity index (χ2n) is 11.4. The van der Waals surface area contributed by atoms with E-state index in [9.17, 15) is 9.59 Å². The third-order valence-corrected chi connectivity index (χ3v) is 8.94. The first-order valence-corrected chi connectivity index (χ1v) is 13.6. The van der Waals surface area contributed by atoms with Crippen LogP contribution in [0.3, 0.4) is 0 Å². The van der Waals surface area contributed by atoms with Crippen LogP contribution in [0.2, 0.25) is 0 Å². The van der Waals surface area contributed by atoms with Gasteiger partial charge in [-0.15, -0.1) is 0 Å². The van der Waals surface area contributed by atoms with E-state index in [1.165, 1.54) is 32.6 Å². The fourth-order valence-corrected chi connectivity index (χ4v) is 6.92. The molecule has 0 atom stereocenters. The first-order valence-electron chi connectivity index (χ1n) is 13.6. The number of aliphatic imine (C=N–C) groups is 1. The fraction of sp³-hybridized carbons (Fsp3) is 0.679. The molecule has 3 aliphatic heterocycles. The molecule has 4 aliphatic rings. The number of carbonyl (C=O) groups excluding carboxylic acids is 2. The highest BCUT2D eigenvalue weighted by molar-refractivity contribution is 5.96. The quantitative estimate of drug-likeness (QED) is 0.677. The SMILES string of the molecule is CC(=O)Nc1ccc2c(c1)CN(CC1=NCCN1)C(=O)C21CCN([C@H]2CC[C@@H](C(C)C)CC2)CC1. The maximum absolute atomic E-state index is 14.1. The zero-order chi connectivity index (χ0) is 24.6. The van der Waals surface area contributed by atoms with Gasteiger partial charge in [-0.25, -0.2) is 0 Å². The molecule has 7 nitrogen and oxygen atoms in total. The van der Waals surface area contributed by atoms with Gasteiger partial charge < -0.3 is 20.4 Å². The van der Waals surface area contributed by atoms with Crippen molar-refractivity contribution < 1.29 is 9.59 Å². The maximum atomic E-state index is 14.1. The predicted octanol–water partition coefficient (Wildman–Crippen LogP) is 3.54. The molecule has 190 valence electrons. The van der Waals surface area contributed by atoms with Gasteiger partial charge in [-0.1, -0.05) is 19.9 Å². The van der Waals surface area contributed by atoms with Crippen molar-refractivity contribution in [2.24, 2.45) is 16.8 Å². The van der Waals surface area contributed by atoms with Crippen molar-refractivity contribution in [2.45, 2.75) is 77.3 Å². The second-order valence-corrected chi connectivity index (χ2v) is 11.4. The zero-order valence-electron chi connectivity index (χ0n) is 21.6. The van der Waals surface area contributed by atoms with Crippen LogP contribution in [0.15, 0.2) is 23.2 Å². The van der Waals surface area contributed by atoms with Crippen LogP contribution in [-0.2, 0) is 21.5 Å². The Balaban J connectivity index is 1.37. The Bertz CT molecular complexity index is 987. The van der Waals surface area contributed by atoms with Crippen LogP contribution in [-0.4, -0.2) is 66.2 Å². The molecule has 0 radical (unpaired) electrons. The number of amides is 2. The van der Waals surface area contributed by atoms with E-state index in [4.69, 9.17) is 0 Å². The third-order valence-electron chi connectivity index (χ3n) is 8.94. The van der Waals surface area contributed by atoms with Gasteiger partial charge in [-0.05, 0) is 86.7 Å². The topological polar surface area (TPSA) is 77.0 Å². The van der Waals surface area contributed by atoms with Crippen LogP contribution in [0.25, 0.3) is 0 Å². The summed E-state index contributed by atoms with van der Waals surface area (Å²) < 4.78 is 0. The Hall–Kier alpha value is -2.41. The van der Waals surface area contributed by atoms with Gasteiger partial charge in [0.15, 0.2) is 0 Å². The number of nitrogens with one attached hydrogen (secondary N) is 2. The smallest absolute Gasteiger partial charge is 0.234 e. The highest BCUT2D eigenvalue weighted by atomic mass is 16.2. The number of nitrogens with zero attached hydrogens (tertiary/aromatic N) is 3. The van der Waals surface area contributed by atoms with Crippen molar-refractivity contribution in [1.82, 2.24) is 15.1 Å². The first kappa shape index (κ1) is 24.3. The molecular weight excluding hydrogens is 438 g/mol. The lowest BCUT2D eigenvalue weighted by Gasteiger charge is -2.49. The molecule has 7 heteroatoms. The van der Waals surface area contributed by atoms with Crippen molar-refractivity contribution >= 4 is 23.3 Å². The molecule has 5 rings (SSSR count). The van der Waals surface area contributed by atoms with E-state index in [-0.39, 0.29) is 11.8 Å². The Morgan fingerprint density at radius 1 is 1.20 bits per heavy atom. The molecule has 1 aromatic rings. The van der Waals surface area contributed by atoms with Gasteiger partial charge in [-0.3, -0.25) is 14.6 Å². The average molecular weight is 480 g/mol. The minimum absolute atomic E-state index is 0.0755. The van der Waals surface area contributed by atoms with Crippen LogP contribution in [0, 0.1) is 11.8 Å². The van der Waals surface area contributed by atoms with Gasteiger partial charge in [0.1, 0.15) is 5.84 Å². The summed E-state index contributed by atoms with van der Waals surface area (Å²) in [6.07, 6.45) is 6.97. The fourth-order valence-electron chi connectivity index (χ4n) is 6.92. The van der Waals surface area contributed by atoms with Crippen LogP contribution >= 0.6 is 0 Å². The molecule has 1 aromatic carbocycles. The van der Waals surface area contributed by atoms with E-state index in [1.807, 2.05) is 11.0 Å². The predicted molar refractivity (Wildman–Crippen MR) is 140 cm³/mol. The van der Waals surface area contributed by atoms with Crippen LogP contribution < -0.4 is 10.6 Å². The zero-order valence-corrected chi connectivity index (χ0v) is 21.6. The minimum Gasteiger partial charge on any atom is -0.370 e. The monoisotopic (exact) mass is 479 g/mol. The summed E-state index contributed by atoms with van der Waals surface area (Å²) in [5.74, 6) is 2.73. The van der Waals surface area contributed by atoms with Gasteiger partial charge in [-0.2, -0.15) is 0 Å². The van der Waals surface area contributed by atoms with E-state index >= 15 is 0 Å². The molecule has 1 saturated heterocycles. The number of likely N-dealkylation sites (tertiary alicyclic amines) is 1. The Labute approximate surface area is 209 Å². The molecular formula is C28H41N5O2. The standard InChI is InChI=1S/C28H41N5O2/c1-19(2)21-4-7-24(8-5-21)32-14-10-28(11-15-32)25-9-6-23(31-20(3)34)16-22(25)17-33(27(28)35)18-26-29-12-13-30-26/h6,9,16,19,21,24H,4-5,7-8,10-15,17-18H2,1-3H3,(H,29,30)(H,31,34)/t21-,24+. The number of amidine groups is 1. The summed E-state index contributed by atoms with van der Waals surface area (Å²) in [4.78, 5) is 34.9. The van der Waals surface area contributed by atoms with E-state index in [0.717, 1.165) is 73.5 Å². The number of hydrogen-bond acceptors (Lipinski definition) is 5. The lowest BCUT2D eigenvalue weighted by Crippen LogP contribution is -2.58. The molecule has 2 amide bonds. The van der Waals surface area contributed by atoms with Gasteiger partial charge in [0.05, 0.1) is 18.5 Å². The summed E-state index contributed by atoms with van der Waals surface area (Å²) in [6, 6.07) is 6.80. The van der Waals surface area contributed by atoms with Gasteiger partial charge >= 0.3 is 0 Å². The molecule has 2 fully saturated rings. The van der Waals surface area contributed by atoms with Crippen molar-refractivity contribution in [3.05, 3.63) is 29.3 Å². The molecule has 1 spiro atoms. The molecule has 3 heterocycles. The van der Waals surface area contributed by atoms with Gasteiger partial charge in [0.25, 0.3) is 0 Å². The van der Waals surface area contributed by atoms with Crippen molar-refractivity contribution in [3.8, 4) is 0 Å². The largest absolute Gasteiger partial charge is 0.370 e. The highest BCUT2D eigenvalue weighted by Gasteiger charge is 2.49. The number of carbonyl (C=O) groups is 2. The van der Waals surface area contributed by atoms with E-state index in [1.54, 1.807) is 0 Å². The number of anilines is 1. The Kier molecular flexibility index (Phi) is 6.88. The lowest BCUT2D eigenvalue weighted by atomic mass is 9.67. The summed E-state index contributed by atoms with van der Waals surface area (Å²) in [5.41, 5.74) is 2.64. The lowest BCUT2D eigenvalue weighted by molar-refractivity contribution is -0.141. The normalized spacial score (nSPS) is 26.5. The van der Waals surface area contributed by atoms with Crippen LogP contribution in [0.5, 0.6) is 0 Å². The maximum Gasteiger partial charge on any atom is 0.234 e. The molecule has 1 saturated carbocycles. The van der Waals surface area contributed by atoms with E-state index in [2.05, 4.69) is 46.5 Å². The van der Waals surface area contributed by atoms with Crippen LogP contribution in [0.4, 0.5) is 5.69 Å². The number of fused-ring (bicyclic) bond motifs is 2. The van der Waals surface area contributed by atoms with Crippen molar-refractivity contribution in [1.29, 1.82) is 0 Å². The summed E-state index contributed by atoms with van der Waals surface area (Å²) in [7, 11) is 0. The van der Waals surface area contributed by atoms with Crippen LogP contribution in [0.1, 0.15) is 70.4 Å². The molecule has 35 heavy (non-hydrogen) atoms. The highest BCUT2D eigenvalue weighted by Crippen LogP contribution is 2.45. The van der Waals surface area contributed by atoms with Crippen molar-refractivity contribution in [3.63, 3.8) is 0 Å². The molecule has 0 aromatic heterocycles. The van der Waals surface area contributed by atoms with Gasteiger partial charge in [0, 0.05) is 31.7 Å². The number of benzene rings is 1. The summed E-state index contributed by atoms with van der Waals surface area (Å²) in [6.45, 7) is 10.9. The second kappa shape index (κ2) is 9.92. The average Bonchev–Trinajstić information content (AvgIpc) is 3.36. The third kappa shape index (κ3) is 4.84.